The van der Waals surface area contributed by atoms with E-state index in [1.54, 1.807) is 78.9 Å². The molecule has 41 heavy (non-hydrogen) atoms. The Kier molecular flexibility index (Phi) is 7.96. The lowest BCUT2D eigenvalue weighted by molar-refractivity contribution is -0.275. The summed E-state index contributed by atoms with van der Waals surface area (Å²) in [6, 6.07) is 28.2. The van der Waals surface area contributed by atoms with Gasteiger partial charge >= 0.3 is 12.3 Å². The summed E-state index contributed by atoms with van der Waals surface area (Å²) in [4.78, 5) is 27.9. The second-order valence-electron chi connectivity index (χ2n) is 9.63. The Balaban J connectivity index is 1.54. The Labute approximate surface area is 234 Å². The van der Waals surface area contributed by atoms with E-state index in [0.29, 0.717) is 22.3 Å². The van der Waals surface area contributed by atoms with Crippen molar-refractivity contribution >= 4 is 11.9 Å². The van der Waals surface area contributed by atoms with Crippen LogP contribution in [0.5, 0.6) is 11.5 Å². The van der Waals surface area contributed by atoms with Crippen LogP contribution in [0.3, 0.4) is 0 Å². The average molecular weight is 562 g/mol. The lowest BCUT2D eigenvalue weighted by atomic mass is 9.87. The predicted octanol–water partition coefficient (Wildman–Crippen LogP) is 6.33. The number of hydrogen-bond donors (Lipinski definition) is 1. The van der Waals surface area contributed by atoms with Crippen molar-refractivity contribution in [3.05, 3.63) is 131 Å². The van der Waals surface area contributed by atoms with Gasteiger partial charge in [-0.2, -0.15) is 0 Å². The molecule has 0 saturated carbocycles. The fourth-order valence-electron chi connectivity index (χ4n) is 5.10. The van der Waals surface area contributed by atoms with Gasteiger partial charge in [-0.1, -0.05) is 97.1 Å². The number of carboxylic acids is 1. The molecule has 1 aliphatic heterocycles. The molecular weight excluding hydrogens is 535 g/mol. The highest BCUT2D eigenvalue weighted by molar-refractivity contribution is 5.91. The Hall–Kier alpha value is -4.79. The van der Waals surface area contributed by atoms with Gasteiger partial charge in [-0.15, -0.1) is 13.2 Å². The van der Waals surface area contributed by atoms with Crippen LogP contribution in [0.4, 0.5) is 13.2 Å². The molecule has 0 radical (unpaired) electrons. The number of aliphatic carboxylic acids is 1. The number of alkyl halides is 3. The quantitative estimate of drug-likeness (QED) is 0.272. The lowest BCUT2D eigenvalue weighted by Crippen LogP contribution is -2.50. The molecule has 1 N–H and O–H groups in total. The molecular formula is C32H26F3NO5. The topological polar surface area (TPSA) is 76.1 Å². The minimum absolute atomic E-state index is 0.0595. The molecule has 5 rings (SSSR count). The number of fused-ring (bicyclic) bond motifs is 1. The highest BCUT2D eigenvalue weighted by Crippen LogP contribution is 2.42. The Morgan fingerprint density at radius 3 is 1.95 bits per heavy atom. The van der Waals surface area contributed by atoms with Gasteiger partial charge in [0.2, 0.25) is 5.91 Å². The fraction of sp³-hybridized carbons (Fsp3) is 0.188. The van der Waals surface area contributed by atoms with Gasteiger partial charge in [0.1, 0.15) is 12.6 Å². The van der Waals surface area contributed by atoms with E-state index in [4.69, 9.17) is 4.74 Å². The summed E-state index contributed by atoms with van der Waals surface area (Å²) < 4.78 is 49.9. The van der Waals surface area contributed by atoms with Gasteiger partial charge in [-0.25, -0.2) is 4.79 Å². The Bertz CT molecular complexity index is 1470. The summed E-state index contributed by atoms with van der Waals surface area (Å²) in [5, 5.41) is 10.2. The third-order valence-corrected chi connectivity index (χ3v) is 6.97. The third-order valence-electron chi connectivity index (χ3n) is 6.97. The standard InChI is InChI=1S/C32H26F3NO5/c33-32(34,35)41-27-17-16-24-19-36(30(37)28(22-12-6-2-7-13-22)23-14-8-3-9-15-23)26(31(38)39)18-25(24)29(27)40-20-21-10-4-1-5-11-21/h1-17,26,28H,18-20H2,(H,38,39). The van der Waals surface area contributed by atoms with Gasteiger partial charge in [0, 0.05) is 18.5 Å². The van der Waals surface area contributed by atoms with Crippen LogP contribution in [0.2, 0.25) is 0 Å². The first-order valence-electron chi connectivity index (χ1n) is 12.9. The number of nitrogens with zero attached hydrogens (tertiary/aromatic N) is 1. The van der Waals surface area contributed by atoms with Crippen molar-refractivity contribution in [1.29, 1.82) is 0 Å². The molecule has 6 nitrogen and oxygen atoms in total. The molecule has 0 aliphatic carbocycles. The van der Waals surface area contributed by atoms with E-state index in [-0.39, 0.29) is 30.9 Å². The molecule has 0 saturated heterocycles. The summed E-state index contributed by atoms with van der Waals surface area (Å²) in [7, 11) is 0. The average Bonchev–Trinajstić information content (AvgIpc) is 2.97. The fourth-order valence-corrected chi connectivity index (χ4v) is 5.10. The number of carbonyl (C=O) groups is 2. The molecule has 1 atom stereocenters. The van der Waals surface area contributed by atoms with Crippen molar-refractivity contribution in [3.63, 3.8) is 0 Å². The zero-order valence-corrected chi connectivity index (χ0v) is 21.8. The highest BCUT2D eigenvalue weighted by Gasteiger charge is 2.41. The van der Waals surface area contributed by atoms with Crippen molar-refractivity contribution in [3.8, 4) is 11.5 Å². The first-order valence-corrected chi connectivity index (χ1v) is 12.9. The maximum Gasteiger partial charge on any atom is 0.573 e. The summed E-state index contributed by atoms with van der Waals surface area (Å²) >= 11 is 0. The molecule has 9 heteroatoms. The molecule has 0 fully saturated rings. The third kappa shape index (κ3) is 6.35. The molecule has 4 aromatic rings. The molecule has 0 bridgehead atoms. The second kappa shape index (κ2) is 11.8. The number of halogens is 3. The number of carbonyl (C=O) groups excluding carboxylic acids is 1. The number of amides is 1. The Morgan fingerprint density at radius 1 is 0.854 bits per heavy atom. The normalized spacial score (nSPS) is 14.8. The zero-order chi connectivity index (χ0) is 29.0. The molecule has 0 spiro atoms. The van der Waals surface area contributed by atoms with Crippen molar-refractivity contribution in [1.82, 2.24) is 4.90 Å². The van der Waals surface area contributed by atoms with E-state index in [1.165, 1.54) is 11.0 Å². The molecule has 4 aromatic carbocycles. The maximum atomic E-state index is 14.1. The predicted molar refractivity (Wildman–Crippen MR) is 144 cm³/mol. The van der Waals surface area contributed by atoms with E-state index in [9.17, 15) is 27.9 Å². The van der Waals surface area contributed by atoms with Crippen LogP contribution in [-0.4, -0.2) is 34.3 Å². The van der Waals surface area contributed by atoms with Gasteiger partial charge in [0.05, 0.1) is 5.92 Å². The summed E-state index contributed by atoms with van der Waals surface area (Å²) in [6.45, 7) is -0.189. The van der Waals surface area contributed by atoms with E-state index < -0.39 is 35.9 Å². The van der Waals surface area contributed by atoms with Crippen LogP contribution in [-0.2, 0) is 29.2 Å². The first-order chi connectivity index (χ1) is 19.7. The largest absolute Gasteiger partial charge is 0.573 e. The molecule has 0 aromatic heterocycles. The molecule has 1 amide bonds. The van der Waals surface area contributed by atoms with E-state index in [0.717, 1.165) is 6.07 Å². The van der Waals surface area contributed by atoms with Crippen molar-refractivity contribution < 1.29 is 37.3 Å². The van der Waals surface area contributed by atoms with Crippen molar-refractivity contribution in [2.24, 2.45) is 0 Å². The van der Waals surface area contributed by atoms with E-state index in [1.807, 2.05) is 12.1 Å². The molecule has 1 heterocycles. The summed E-state index contributed by atoms with van der Waals surface area (Å²) in [6.07, 6.45) is -5.24. The number of benzene rings is 4. The molecule has 210 valence electrons. The van der Waals surface area contributed by atoms with Crippen LogP contribution in [0.15, 0.2) is 103 Å². The van der Waals surface area contributed by atoms with Crippen molar-refractivity contribution in [2.75, 3.05) is 0 Å². The van der Waals surface area contributed by atoms with Gasteiger partial charge in [0.15, 0.2) is 11.5 Å². The number of hydrogen-bond acceptors (Lipinski definition) is 4. The van der Waals surface area contributed by atoms with Crippen LogP contribution >= 0.6 is 0 Å². The summed E-state index contributed by atoms with van der Waals surface area (Å²) in [5.41, 5.74) is 2.83. The van der Waals surface area contributed by atoms with Crippen LogP contribution in [0, 0.1) is 0 Å². The molecule has 1 aliphatic rings. The number of carboxylic acid groups (broad SMARTS) is 1. The highest BCUT2D eigenvalue weighted by atomic mass is 19.4. The van der Waals surface area contributed by atoms with Gasteiger partial charge < -0.3 is 19.5 Å². The minimum Gasteiger partial charge on any atom is -0.485 e. The van der Waals surface area contributed by atoms with Crippen LogP contribution in [0.1, 0.15) is 33.7 Å². The SMILES string of the molecule is O=C(O)C1Cc2c(ccc(OC(F)(F)F)c2OCc2ccccc2)CN1C(=O)C(c1ccccc1)c1ccccc1. The van der Waals surface area contributed by atoms with Gasteiger partial charge in [0.25, 0.3) is 0 Å². The monoisotopic (exact) mass is 561 g/mol. The van der Waals surface area contributed by atoms with E-state index in [2.05, 4.69) is 4.74 Å². The zero-order valence-electron chi connectivity index (χ0n) is 21.8. The van der Waals surface area contributed by atoms with Gasteiger partial charge in [-0.05, 0) is 28.3 Å². The van der Waals surface area contributed by atoms with Crippen LogP contribution in [0.25, 0.3) is 0 Å². The Morgan fingerprint density at radius 2 is 1.41 bits per heavy atom. The minimum atomic E-state index is -4.99. The lowest BCUT2D eigenvalue weighted by Gasteiger charge is -2.37. The van der Waals surface area contributed by atoms with Crippen molar-refractivity contribution in [2.45, 2.75) is 37.9 Å². The number of rotatable bonds is 8. The van der Waals surface area contributed by atoms with Gasteiger partial charge in [-0.3, -0.25) is 4.79 Å². The second-order valence-corrected chi connectivity index (χ2v) is 9.63. The maximum absolute atomic E-state index is 14.1. The molecule has 1 unspecified atom stereocenters. The number of ether oxygens (including phenoxy) is 2. The summed E-state index contributed by atoms with van der Waals surface area (Å²) in [5.74, 6) is -3.24. The smallest absolute Gasteiger partial charge is 0.485 e. The van der Waals surface area contributed by atoms with E-state index >= 15 is 0 Å². The van der Waals surface area contributed by atoms with Crippen LogP contribution < -0.4 is 9.47 Å². The first kappa shape index (κ1) is 27.8.